The van der Waals surface area contributed by atoms with Crippen LogP contribution in [0.4, 0.5) is 0 Å². The lowest BCUT2D eigenvalue weighted by atomic mass is 10.2. The molecule has 5 heteroatoms. The number of rotatable bonds is 5. The van der Waals surface area contributed by atoms with E-state index in [0.717, 1.165) is 29.5 Å². The predicted octanol–water partition coefficient (Wildman–Crippen LogP) is 2.47. The second-order valence-electron chi connectivity index (χ2n) is 4.26. The van der Waals surface area contributed by atoms with Gasteiger partial charge in [-0.15, -0.1) is 0 Å². The highest BCUT2D eigenvalue weighted by Gasteiger charge is 2.18. The Labute approximate surface area is 116 Å². The normalized spacial score (nSPS) is 18.9. The number of benzene rings is 1. The van der Waals surface area contributed by atoms with Crippen LogP contribution in [0.3, 0.4) is 0 Å². The lowest BCUT2D eigenvalue weighted by Crippen LogP contribution is -2.16. The summed E-state index contributed by atoms with van der Waals surface area (Å²) in [5.74, 6) is 1.41. The van der Waals surface area contributed by atoms with Crippen LogP contribution in [0, 0.1) is 0 Å². The van der Waals surface area contributed by atoms with Gasteiger partial charge in [-0.3, -0.25) is 0 Å². The van der Waals surface area contributed by atoms with E-state index in [2.05, 4.69) is 15.9 Å². The van der Waals surface area contributed by atoms with Crippen LogP contribution in [0.5, 0.6) is 11.5 Å². The predicted molar refractivity (Wildman–Crippen MR) is 73.1 cm³/mol. The standard InChI is InChI=1S/C13H18BrNO3/c1-16-12-6-9(7-15)5-11(14)13(12)18-8-10-3-2-4-17-10/h5-6,10H,2-4,7-8,15H2,1H3. The first-order valence-electron chi connectivity index (χ1n) is 6.05. The highest BCUT2D eigenvalue weighted by Crippen LogP contribution is 2.37. The van der Waals surface area contributed by atoms with Crippen molar-refractivity contribution in [2.45, 2.75) is 25.5 Å². The molecule has 1 aliphatic rings. The summed E-state index contributed by atoms with van der Waals surface area (Å²) in [5, 5.41) is 0. The molecule has 1 aromatic carbocycles. The van der Waals surface area contributed by atoms with E-state index >= 15 is 0 Å². The number of ether oxygens (including phenoxy) is 3. The fourth-order valence-corrected chi connectivity index (χ4v) is 2.59. The molecule has 0 spiro atoms. The molecule has 100 valence electrons. The Hall–Kier alpha value is -0.780. The molecule has 1 fully saturated rings. The zero-order chi connectivity index (χ0) is 13.0. The van der Waals surface area contributed by atoms with E-state index < -0.39 is 0 Å². The molecule has 1 aliphatic heterocycles. The van der Waals surface area contributed by atoms with Gasteiger partial charge in [0.05, 0.1) is 17.7 Å². The van der Waals surface area contributed by atoms with Crippen molar-refractivity contribution < 1.29 is 14.2 Å². The zero-order valence-corrected chi connectivity index (χ0v) is 12.0. The maximum Gasteiger partial charge on any atom is 0.175 e. The van der Waals surface area contributed by atoms with Crippen molar-refractivity contribution in [3.8, 4) is 11.5 Å². The average molecular weight is 316 g/mol. The first-order chi connectivity index (χ1) is 8.74. The molecule has 2 rings (SSSR count). The van der Waals surface area contributed by atoms with Gasteiger partial charge in [0.1, 0.15) is 6.61 Å². The van der Waals surface area contributed by atoms with Gasteiger partial charge in [-0.05, 0) is 46.5 Å². The third kappa shape index (κ3) is 3.16. The molecular weight excluding hydrogens is 298 g/mol. The van der Waals surface area contributed by atoms with E-state index in [1.165, 1.54) is 0 Å². The lowest BCUT2D eigenvalue weighted by molar-refractivity contribution is 0.0667. The van der Waals surface area contributed by atoms with E-state index in [4.69, 9.17) is 19.9 Å². The molecule has 4 nitrogen and oxygen atoms in total. The third-order valence-corrected chi connectivity index (χ3v) is 3.55. The van der Waals surface area contributed by atoms with Crippen molar-refractivity contribution in [2.24, 2.45) is 5.73 Å². The maximum absolute atomic E-state index is 5.80. The summed E-state index contributed by atoms with van der Waals surface area (Å²) < 4.78 is 17.5. The Morgan fingerprint density at radius 2 is 2.33 bits per heavy atom. The first-order valence-corrected chi connectivity index (χ1v) is 6.84. The lowest BCUT2D eigenvalue weighted by Gasteiger charge is -2.16. The summed E-state index contributed by atoms with van der Waals surface area (Å²) in [7, 11) is 1.63. The van der Waals surface area contributed by atoms with E-state index in [1.807, 2.05) is 12.1 Å². The molecule has 1 unspecified atom stereocenters. The summed E-state index contributed by atoms with van der Waals surface area (Å²) in [5.41, 5.74) is 6.63. The number of hydrogen-bond acceptors (Lipinski definition) is 4. The van der Waals surface area contributed by atoms with Crippen LogP contribution in [0.15, 0.2) is 16.6 Å². The van der Waals surface area contributed by atoms with Crippen LogP contribution >= 0.6 is 15.9 Å². The minimum atomic E-state index is 0.191. The van der Waals surface area contributed by atoms with Crippen molar-refractivity contribution in [3.05, 3.63) is 22.2 Å². The number of hydrogen-bond donors (Lipinski definition) is 1. The maximum atomic E-state index is 5.80. The van der Waals surface area contributed by atoms with Gasteiger partial charge in [0.15, 0.2) is 11.5 Å². The largest absolute Gasteiger partial charge is 0.493 e. The van der Waals surface area contributed by atoms with E-state index in [0.29, 0.717) is 24.7 Å². The van der Waals surface area contributed by atoms with Gasteiger partial charge in [0, 0.05) is 13.2 Å². The molecule has 1 heterocycles. The quantitative estimate of drug-likeness (QED) is 0.907. The molecule has 0 amide bonds. The zero-order valence-electron chi connectivity index (χ0n) is 10.4. The fourth-order valence-electron chi connectivity index (χ4n) is 1.98. The van der Waals surface area contributed by atoms with Crippen LogP contribution in [-0.4, -0.2) is 26.4 Å². The Morgan fingerprint density at radius 1 is 1.50 bits per heavy atom. The van der Waals surface area contributed by atoms with E-state index in [9.17, 15) is 0 Å². The monoisotopic (exact) mass is 315 g/mol. The molecule has 18 heavy (non-hydrogen) atoms. The van der Waals surface area contributed by atoms with E-state index in [1.54, 1.807) is 7.11 Å². The molecule has 1 aromatic rings. The number of nitrogens with two attached hydrogens (primary N) is 1. The summed E-state index contributed by atoms with van der Waals surface area (Å²) in [6.45, 7) is 1.86. The van der Waals surface area contributed by atoms with Gasteiger partial charge < -0.3 is 19.9 Å². The second-order valence-corrected chi connectivity index (χ2v) is 5.11. The van der Waals surface area contributed by atoms with Crippen LogP contribution in [0.25, 0.3) is 0 Å². The van der Waals surface area contributed by atoms with Gasteiger partial charge in [-0.2, -0.15) is 0 Å². The van der Waals surface area contributed by atoms with Crippen molar-refractivity contribution in [1.82, 2.24) is 0 Å². The SMILES string of the molecule is COc1cc(CN)cc(Br)c1OCC1CCCO1. The average Bonchev–Trinajstić information content (AvgIpc) is 2.89. The van der Waals surface area contributed by atoms with Gasteiger partial charge in [-0.25, -0.2) is 0 Å². The van der Waals surface area contributed by atoms with Crippen LogP contribution in [-0.2, 0) is 11.3 Å². The van der Waals surface area contributed by atoms with E-state index in [-0.39, 0.29) is 6.10 Å². The van der Waals surface area contributed by atoms with Gasteiger partial charge in [0.25, 0.3) is 0 Å². The smallest absolute Gasteiger partial charge is 0.175 e. The van der Waals surface area contributed by atoms with Crippen molar-refractivity contribution in [1.29, 1.82) is 0 Å². The summed E-state index contributed by atoms with van der Waals surface area (Å²) >= 11 is 3.49. The summed E-state index contributed by atoms with van der Waals surface area (Å²) in [6, 6.07) is 3.85. The van der Waals surface area contributed by atoms with Gasteiger partial charge in [-0.1, -0.05) is 0 Å². The molecule has 1 saturated heterocycles. The van der Waals surface area contributed by atoms with Crippen molar-refractivity contribution in [2.75, 3.05) is 20.3 Å². The highest BCUT2D eigenvalue weighted by atomic mass is 79.9. The van der Waals surface area contributed by atoms with Gasteiger partial charge in [0.2, 0.25) is 0 Å². The fraction of sp³-hybridized carbons (Fsp3) is 0.538. The Balaban J connectivity index is 2.10. The van der Waals surface area contributed by atoms with Crippen LogP contribution in [0.2, 0.25) is 0 Å². The minimum absolute atomic E-state index is 0.191. The molecule has 0 aromatic heterocycles. The molecule has 1 atom stereocenters. The number of methoxy groups -OCH3 is 1. The summed E-state index contributed by atoms with van der Waals surface area (Å²) in [6.07, 6.45) is 2.36. The molecule has 0 aliphatic carbocycles. The highest BCUT2D eigenvalue weighted by molar-refractivity contribution is 9.10. The molecule has 0 bridgehead atoms. The third-order valence-electron chi connectivity index (χ3n) is 2.96. The van der Waals surface area contributed by atoms with Gasteiger partial charge >= 0.3 is 0 Å². The number of halogens is 1. The van der Waals surface area contributed by atoms with Crippen LogP contribution in [0.1, 0.15) is 18.4 Å². The minimum Gasteiger partial charge on any atom is -0.493 e. The molecule has 0 saturated carbocycles. The molecule has 2 N–H and O–H groups in total. The Morgan fingerprint density at radius 3 is 2.94 bits per heavy atom. The first kappa shape index (κ1) is 13.6. The van der Waals surface area contributed by atoms with Crippen LogP contribution < -0.4 is 15.2 Å². The Bertz CT molecular complexity index is 405. The Kier molecular flexibility index (Phi) is 4.86. The molecule has 0 radical (unpaired) electrons. The second kappa shape index (κ2) is 6.41. The molecular formula is C13H18BrNO3. The topological polar surface area (TPSA) is 53.7 Å². The summed E-state index contributed by atoms with van der Waals surface area (Å²) in [4.78, 5) is 0. The van der Waals surface area contributed by atoms with Crippen molar-refractivity contribution in [3.63, 3.8) is 0 Å². The van der Waals surface area contributed by atoms with Crippen molar-refractivity contribution >= 4 is 15.9 Å².